The van der Waals surface area contributed by atoms with Crippen molar-refractivity contribution < 1.29 is 4.79 Å². The fourth-order valence-corrected chi connectivity index (χ4v) is 2.61. The molecule has 1 N–H and O–H groups in total. The Morgan fingerprint density at radius 3 is 2.38 bits per heavy atom. The van der Waals surface area contributed by atoms with Crippen LogP contribution in [0.2, 0.25) is 0 Å². The van der Waals surface area contributed by atoms with E-state index >= 15 is 0 Å². The lowest BCUT2D eigenvalue weighted by Crippen LogP contribution is -2.29. The van der Waals surface area contributed by atoms with E-state index in [0.29, 0.717) is 12.3 Å². The monoisotopic (exact) mass is 354 g/mol. The molecule has 118 valence electrons. The van der Waals surface area contributed by atoms with Crippen LogP contribution < -0.4 is 5.32 Å². The van der Waals surface area contributed by atoms with Gasteiger partial charge in [0, 0.05) is 17.4 Å². The SMILES string of the molecule is CC(C)C(CC(=O)NCCCN(C)C)c1ccc(Br)cc1. The number of hydrogen-bond donors (Lipinski definition) is 1. The molecule has 1 amide bonds. The lowest BCUT2D eigenvalue weighted by molar-refractivity contribution is -0.121. The minimum Gasteiger partial charge on any atom is -0.356 e. The third-order valence-corrected chi connectivity index (χ3v) is 4.14. The van der Waals surface area contributed by atoms with Gasteiger partial charge in [0.2, 0.25) is 5.91 Å². The Morgan fingerprint density at radius 2 is 1.86 bits per heavy atom. The fourth-order valence-electron chi connectivity index (χ4n) is 2.34. The first-order valence-corrected chi connectivity index (χ1v) is 8.36. The van der Waals surface area contributed by atoms with Crippen LogP contribution in [0.15, 0.2) is 28.7 Å². The molecule has 1 atom stereocenters. The number of hydrogen-bond acceptors (Lipinski definition) is 2. The Balaban J connectivity index is 2.51. The molecule has 0 saturated carbocycles. The number of amides is 1. The molecule has 0 fully saturated rings. The number of halogens is 1. The highest BCUT2D eigenvalue weighted by molar-refractivity contribution is 9.10. The van der Waals surface area contributed by atoms with Gasteiger partial charge in [-0.3, -0.25) is 4.79 Å². The Bertz CT molecular complexity index is 429. The van der Waals surface area contributed by atoms with E-state index in [4.69, 9.17) is 0 Å². The minimum atomic E-state index is 0.148. The summed E-state index contributed by atoms with van der Waals surface area (Å²) in [6, 6.07) is 8.29. The zero-order chi connectivity index (χ0) is 15.8. The molecule has 0 aliphatic carbocycles. The van der Waals surface area contributed by atoms with Crippen molar-refractivity contribution in [3.63, 3.8) is 0 Å². The minimum absolute atomic E-state index is 0.148. The van der Waals surface area contributed by atoms with Gasteiger partial charge in [-0.2, -0.15) is 0 Å². The van der Waals surface area contributed by atoms with Crippen LogP contribution in [0.3, 0.4) is 0 Å². The lowest BCUT2D eigenvalue weighted by atomic mass is 9.85. The Hall–Kier alpha value is -0.870. The van der Waals surface area contributed by atoms with Crippen molar-refractivity contribution in [1.82, 2.24) is 10.2 Å². The standard InChI is InChI=1S/C17H27BrN2O/c1-13(2)16(14-6-8-15(18)9-7-14)12-17(21)19-10-5-11-20(3)4/h6-9,13,16H,5,10-12H2,1-4H3,(H,19,21). The summed E-state index contributed by atoms with van der Waals surface area (Å²) in [5.41, 5.74) is 1.23. The van der Waals surface area contributed by atoms with Crippen LogP contribution in [-0.2, 0) is 4.79 Å². The summed E-state index contributed by atoms with van der Waals surface area (Å²) in [7, 11) is 4.09. The van der Waals surface area contributed by atoms with Crippen molar-refractivity contribution in [2.24, 2.45) is 5.92 Å². The van der Waals surface area contributed by atoms with E-state index in [2.05, 4.69) is 52.1 Å². The first kappa shape index (κ1) is 18.2. The molecule has 21 heavy (non-hydrogen) atoms. The molecular weight excluding hydrogens is 328 g/mol. The molecule has 1 unspecified atom stereocenters. The molecule has 1 aromatic carbocycles. The van der Waals surface area contributed by atoms with Gasteiger partial charge >= 0.3 is 0 Å². The van der Waals surface area contributed by atoms with E-state index in [-0.39, 0.29) is 11.8 Å². The molecule has 4 heteroatoms. The molecular formula is C17H27BrN2O. The third-order valence-electron chi connectivity index (χ3n) is 3.61. The highest BCUT2D eigenvalue weighted by Crippen LogP contribution is 2.28. The molecule has 0 radical (unpaired) electrons. The average molecular weight is 355 g/mol. The molecule has 0 saturated heterocycles. The van der Waals surface area contributed by atoms with Gasteiger partial charge in [0.05, 0.1) is 0 Å². The van der Waals surface area contributed by atoms with E-state index < -0.39 is 0 Å². The summed E-state index contributed by atoms with van der Waals surface area (Å²) in [5, 5.41) is 3.03. The summed E-state index contributed by atoms with van der Waals surface area (Å²) in [5.74, 6) is 0.862. The molecule has 0 aromatic heterocycles. The summed E-state index contributed by atoms with van der Waals surface area (Å²) >= 11 is 3.45. The van der Waals surface area contributed by atoms with Gasteiger partial charge in [-0.05, 0) is 56.6 Å². The predicted octanol–water partition coefficient (Wildman–Crippen LogP) is 3.65. The zero-order valence-corrected chi connectivity index (χ0v) is 15.1. The first-order chi connectivity index (χ1) is 9.90. The smallest absolute Gasteiger partial charge is 0.220 e. The van der Waals surface area contributed by atoms with Crippen LogP contribution in [0.5, 0.6) is 0 Å². The second-order valence-electron chi connectivity index (χ2n) is 6.11. The van der Waals surface area contributed by atoms with Gasteiger partial charge < -0.3 is 10.2 Å². The lowest BCUT2D eigenvalue weighted by Gasteiger charge is -2.21. The van der Waals surface area contributed by atoms with E-state index in [1.54, 1.807) is 0 Å². The largest absolute Gasteiger partial charge is 0.356 e. The topological polar surface area (TPSA) is 32.3 Å². The van der Waals surface area contributed by atoms with Gasteiger partial charge in [-0.1, -0.05) is 41.9 Å². The number of nitrogens with one attached hydrogen (secondary N) is 1. The van der Waals surface area contributed by atoms with E-state index in [1.165, 1.54) is 5.56 Å². The van der Waals surface area contributed by atoms with Gasteiger partial charge in [0.25, 0.3) is 0 Å². The van der Waals surface area contributed by atoms with E-state index in [1.807, 2.05) is 26.2 Å². The molecule has 3 nitrogen and oxygen atoms in total. The van der Waals surface area contributed by atoms with Gasteiger partial charge in [0.15, 0.2) is 0 Å². The molecule has 1 rings (SSSR count). The maximum absolute atomic E-state index is 12.1. The number of carbonyl (C=O) groups is 1. The highest BCUT2D eigenvalue weighted by atomic mass is 79.9. The van der Waals surface area contributed by atoms with E-state index in [9.17, 15) is 4.79 Å². The van der Waals surface area contributed by atoms with Crippen molar-refractivity contribution in [2.45, 2.75) is 32.6 Å². The van der Waals surface area contributed by atoms with Gasteiger partial charge in [0.1, 0.15) is 0 Å². The number of nitrogens with zero attached hydrogens (tertiary/aromatic N) is 1. The molecule has 0 heterocycles. The van der Waals surface area contributed by atoms with Crippen LogP contribution in [0.4, 0.5) is 0 Å². The van der Waals surface area contributed by atoms with Gasteiger partial charge in [-0.15, -0.1) is 0 Å². The molecule has 1 aromatic rings. The summed E-state index contributed by atoms with van der Waals surface area (Å²) in [6.07, 6.45) is 1.55. The first-order valence-electron chi connectivity index (χ1n) is 7.57. The summed E-state index contributed by atoms with van der Waals surface area (Å²) in [4.78, 5) is 14.2. The van der Waals surface area contributed by atoms with Crippen LogP contribution in [0.1, 0.15) is 38.2 Å². The van der Waals surface area contributed by atoms with Gasteiger partial charge in [-0.25, -0.2) is 0 Å². The second-order valence-corrected chi connectivity index (χ2v) is 7.03. The number of rotatable bonds is 8. The Morgan fingerprint density at radius 1 is 1.24 bits per heavy atom. The number of benzene rings is 1. The molecule has 0 aliphatic rings. The van der Waals surface area contributed by atoms with Crippen molar-refractivity contribution >= 4 is 21.8 Å². The van der Waals surface area contributed by atoms with Crippen molar-refractivity contribution in [1.29, 1.82) is 0 Å². The Labute approximate surface area is 137 Å². The quantitative estimate of drug-likeness (QED) is 0.722. The summed E-state index contributed by atoms with van der Waals surface area (Å²) in [6.45, 7) is 6.10. The second kappa shape index (κ2) is 9.21. The molecule has 0 aliphatic heterocycles. The van der Waals surface area contributed by atoms with E-state index in [0.717, 1.165) is 24.0 Å². The van der Waals surface area contributed by atoms with Crippen LogP contribution >= 0.6 is 15.9 Å². The third kappa shape index (κ3) is 7.09. The summed E-state index contributed by atoms with van der Waals surface area (Å²) < 4.78 is 1.07. The van der Waals surface area contributed by atoms with Crippen LogP contribution in [0, 0.1) is 5.92 Å². The number of carbonyl (C=O) groups excluding carboxylic acids is 1. The van der Waals surface area contributed by atoms with Crippen molar-refractivity contribution in [3.8, 4) is 0 Å². The van der Waals surface area contributed by atoms with Crippen LogP contribution in [-0.4, -0.2) is 38.0 Å². The predicted molar refractivity (Wildman–Crippen MR) is 92.5 cm³/mol. The molecule has 0 bridgehead atoms. The van der Waals surface area contributed by atoms with Crippen molar-refractivity contribution in [2.75, 3.05) is 27.2 Å². The normalized spacial score (nSPS) is 12.7. The molecule has 0 spiro atoms. The Kier molecular flexibility index (Phi) is 7.97. The average Bonchev–Trinajstić information content (AvgIpc) is 2.41. The maximum atomic E-state index is 12.1. The maximum Gasteiger partial charge on any atom is 0.220 e. The van der Waals surface area contributed by atoms with Crippen LogP contribution in [0.25, 0.3) is 0 Å². The zero-order valence-electron chi connectivity index (χ0n) is 13.5. The van der Waals surface area contributed by atoms with Crippen molar-refractivity contribution in [3.05, 3.63) is 34.3 Å². The fraction of sp³-hybridized carbons (Fsp3) is 0.588. The highest BCUT2D eigenvalue weighted by Gasteiger charge is 2.19.